The highest BCUT2D eigenvalue weighted by Crippen LogP contribution is 2.44. The van der Waals surface area contributed by atoms with Gasteiger partial charge in [0.25, 0.3) is 5.78 Å². The van der Waals surface area contributed by atoms with Crippen molar-refractivity contribution in [2.45, 2.75) is 30.3 Å². The van der Waals surface area contributed by atoms with Crippen molar-refractivity contribution in [3.05, 3.63) is 35.0 Å². The third-order valence-electron chi connectivity index (χ3n) is 3.62. The summed E-state index contributed by atoms with van der Waals surface area (Å²) >= 11 is 9.53. The van der Waals surface area contributed by atoms with Crippen molar-refractivity contribution in [1.29, 1.82) is 0 Å². The first-order valence-corrected chi connectivity index (χ1v) is 7.30. The number of aliphatic hydroxyl groups is 1. The molecule has 0 bridgehead atoms. The van der Waals surface area contributed by atoms with Crippen LogP contribution in [-0.2, 0) is 4.79 Å². The molecule has 1 unspecified atom stereocenters. The summed E-state index contributed by atoms with van der Waals surface area (Å²) in [5.74, 6) is -2.21. The SMILES string of the molecule is Cc1cc2c(cc1C)NC(O)(C(F)(F)Cl)C(C(=O)C(F)(F)Cl)=CN2. The van der Waals surface area contributed by atoms with E-state index in [0.29, 0.717) is 11.8 Å². The van der Waals surface area contributed by atoms with Gasteiger partial charge in [-0.05, 0) is 60.3 Å². The average molecular weight is 387 g/mol. The summed E-state index contributed by atoms with van der Waals surface area (Å²) in [6.45, 7) is 3.40. The van der Waals surface area contributed by atoms with Crippen LogP contribution in [0.4, 0.5) is 28.9 Å². The molecule has 0 saturated heterocycles. The second kappa shape index (κ2) is 5.79. The first-order chi connectivity index (χ1) is 10.8. The Morgan fingerprint density at radius 3 is 2.08 bits per heavy atom. The Hall–Kier alpha value is -1.51. The molecule has 132 valence electrons. The van der Waals surface area contributed by atoms with E-state index in [1.807, 2.05) is 5.32 Å². The van der Waals surface area contributed by atoms with Crippen LogP contribution in [-0.4, -0.2) is 27.4 Å². The number of alkyl halides is 6. The van der Waals surface area contributed by atoms with Crippen LogP contribution in [0.5, 0.6) is 0 Å². The van der Waals surface area contributed by atoms with Gasteiger partial charge in [-0.15, -0.1) is 0 Å². The van der Waals surface area contributed by atoms with Gasteiger partial charge in [-0.2, -0.15) is 17.6 Å². The molecule has 1 aromatic carbocycles. The number of halogens is 6. The minimum atomic E-state index is -4.51. The summed E-state index contributed by atoms with van der Waals surface area (Å²) in [6.07, 6.45) is 0.530. The lowest BCUT2D eigenvalue weighted by Crippen LogP contribution is -2.55. The summed E-state index contributed by atoms with van der Waals surface area (Å²) in [7, 11) is 0. The molecule has 4 nitrogen and oxygen atoms in total. The fourth-order valence-electron chi connectivity index (χ4n) is 2.16. The topological polar surface area (TPSA) is 61.4 Å². The van der Waals surface area contributed by atoms with Crippen molar-refractivity contribution in [1.82, 2.24) is 0 Å². The Bertz CT molecular complexity index is 729. The number of anilines is 2. The number of rotatable bonds is 3. The zero-order chi connectivity index (χ0) is 18.5. The number of carbonyl (C=O) groups excluding carboxylic acids is 1. The van der Waals surface area contributed by atoms with Crippen LogP contribution in [0.1, 0.15) is 11.1 Å². The van der Waals surface area contributed by atoms with Crippen molar-refractivity contribution >= 4 is 40.4 Å². The van der Waals surface area contributed by atoms with Crippen molar-refractivity contribution in [2.75, 3.05) is 10.6 Å². The molecule has 24 heavy (non-hydrogen) atoms. The molecular weight excluding hydrogens is 375 g/mol. The van der Waals surface area contributed by atoms with Crippen molar-refractivity contribution in [2.24, 2.45) is 0 Å². The minimum Gasteiger partial charge on any atom is -0.361 e. The van der Waals surface area contributed by atoms with E-state index >= 15 is 0 Å². The molecule has 0 amide bonds. The van der Waals surface area contributed by atoms with Crippen molar-refractivity contribution in [3.63, 3.8) is 0 Å². The summed E-state index contributed by atoms with van der Waals surface area (Å²) in [5.41, 5.74) is -3.47. The average Bonchev–Trinajstić information content (AvgIpc) is 2.54. The molecule has 1 atom stereocenters. The van der Waals surface area contributed by atoms with Gasteiger partial charge >= 0.3 is 10.8 Å². The number of Topliss-reactive ketones (excluding diaryl/α,β-unsaturated/α-hetero) is 1. The van der Waals surface area contributed by atoms with Crippen LogP contribution in [0.3, 0.4) is 0 Å². The maximum atomic E-state index is 13.8. The first kappa shape index (κ1) is 18.8. The van der Waals surface area contributed by atoms with E-state index in [2.05, 4.69) is 16.9 Å². The van der Waals surface area contributed by atoms with Crippen molar-refractivity contribution in [3.8, 4) is 0 Å². The van der Waals surface area contributed by atoms with Gasteiger partial charge in [-0.1, -0.05) is 0 Å². The Kier molecular flexibility index (Phi) is 4.54. The van der Waals surface area contributed by atoms with Crippen molar-refractivity contribution < 1.29 is 27.5 Å². The van der Waals surface area contributed by atoms with Gasteiger partial charge in [-0.3, -0.25) is 4.79 Å². The number of carbonyl (C=O) groups is 1. The summed E-state index contributed by atoms with van der Waals surface area (Å²) in [6, 6.07) is 2.92. The first-order valence-electron chi connectivity index (χ1n) is 6.54. The molecule has 1 heterocycles. The highest BCUT2D eigenvalue weighted by molar-refractivity contribution is 6.36. The second-order valence-electron chi connectivity index (χ2n) is 5.34. The summed E-state index contributed by atoms with van der Waals surface area (Å²) in [5, 5.41) is 5.68. The van der Waals surface area contributed by atoms with E-state index in [9.17, 15) is 27.5 Å². The maximum Gasteiger partial charge on any atom is 0.384 e. The number of hydrogen-bond donors (Lipinski definition) is 3. The number of hydrogen-bond acceptors (Lipinski definition) is 4. The molecule has 1 aromatic rings. The molecule has 1 aliphatic rings. The van der Waals surface area contributed by atoms with Gasteiger partial charge in [0, 0.05) is 6.20 Å². The lowest BCUT2D eigenvalue weighted by Gasteiger charge is -2.34. The van der Waals surface area contributed by atoms with Crippen LogP contribution in [0.15, 0.2) is 23.9 Å². The smallest absolute Gasteiger partial charge is 0.361 e. The number of fused-ring (bicyclic) bond motifs is 1. The van der Waals surface area contributed by atoms with E-state index in [1.54, 1.807) is 13.8 Å². The van der Waals surface area contributed by atoms with Gasteiger partial charge in [0.1, 0.15) is 0 Å². The fraction of sp³-hybridized carbons (Fsp3) is 0.357. The third kappa shape index (κ3) is 3.18. The van der Waals surface area contributed by atoms with E-state index in [0.717, 1.165) is 5.56 Å². The third-order valence-corrected chi connectivity index (χ3v) is 4.07. The molecule has 10 heteroatoms. The Labute approximate surface area is 144 Å². The maximum absolute atomic E-state index is 13.8. The Balaban J connectivity index is 2.66. The number of aryl methyl sites for hydroxylation is 2. The summed E-state index contributed by atoms with van der Waals surface area (Å²) < 4.78 is 53.9. The zero-order valence-electron chi connectivity index (χ0n) is 12.4. The lowest BCUT2D eigenvalue weighted by molar-refractivity contribution is -0.137. The lowest BCUT2D eigenvalue weighted by atomic mass is 9.99. The minimum absolute atomic E-state index is 0.0575. The van der Waals surface area contributed by atoms with Crippen LogP contribution in [0, 0.1) is 13.8 Å². The van der Waals surface area contributed by atoms with E-state index < -0.39 is 27.8 Å². The molecule has 2 rings (SSSR count). The van der Waals surface area contributed by atoms with E-state index in [-0.39, 0.29) is 11.4 Å². The molecule has 0 aliphatic carbocycles. The van der Waals surface area contributed by atoms with Crippen LogP contribution < -0.4 is 10.6 Å². The molecule has 0 saturated carbocycles. The zero-order valence-corrected chi connectivity index (χ0v) is 13.9. The fourth-order valence-corrected chi connectivity index (χ4v) is 2.41. The normalized spacial score (nSPS) is 21.1. The van der Waals surface area contributed by atoms with Crippen LogP contribution >= 0.6 is 23.2 Å². The van der Waals surface area contributed by atoms with Gasteiger partial charge in [0.2, 0.25) is 5.72 Å². The largest absolute Gasteiger partial charge is 0.384 e. The highest BCUT2D eigenvalue weighted by Gasteiger charge is 2.60. The molecule has 0 fully saturated rings. The number of benzene rings is 1. The molecular formula is C14H12Cl2F4N2O2. The van der Waals surface area contributed by atoms with Crippen LogP contribution in [0.2, 0.25) is 0 Å². The van der Waals surface area contributed by atoms with E-state index in [4.69, 9.17) is 11.6 Å². The predicted octanol–water partition coefficient (Wildman–Crippen LogP) is 3.95. The van der Waals surface area contributed by atoms with E-state index in [1.165, 1.54) is 12.1 Å². The number of ketones is 1. The standard InChI is InChI=1S/C14H12Cl2F4N2O2/c1-6-3-9-10(4-7(6)2)22-12(24,14(16,19)20)8(5-21-9)11(23)13(15,17)18/h3-5,21-22,24H,1-2H3. The second-order valence-corrected chi connectivity index (χ2v) is 6.29. The van der Waals surface area contributed by atoms with Crippen LogP contribution in [0.25, 0.3) is 0 Å². The van der Waals surface area contributed by atoms with Gasteiger partial charge in [-0.25, -0.2) is 0 Å². The van der Waals surface area contributed by atoms with Gasteiger partial charge < -0.3 is 15.7 Å². The molecule has 3 N–H and O–H groups in total. The molecule has 0 aromatic heterocycles. The molecule has 0 radical (unpaired) electrons. The molecule has 0 spiro atoms. The monoisotopic (exact) mass is 386 g/mol. The predicted molar refractivity (Wildman–Crippen MR) is 82.8 cm³/mol. The van der Waals surface area contributed by atoms with Gasteiger partial charge in [0.15, 0.2) is 0 Å². The summed E-state index contributed by atoms with van der Waals surface area (Å²) in [4.78, 5) is 11.7. The Morgan fingerprint density at radius 2 is 1.62 bits per heavy atom. The quantitative estimate of drug-likeness (QED) is 0.543. The highest BCUT2D eigenvalue weighted by atomic mass is 35.5. The number of nitrogens with one attached hydrogen (secondary N) is 2. The Morgan fingerprint density at radius 1 is 1.12 bits per heavy atom. The molecule has 1 aliphatic heterocycles. The van der Waals surface area contributed by atoms with Gasteiger partial charge in [0.05, 0.1) is 16.9 Å².